The Labute approximate surface area is 148 Å². The number of ketones is 1. The second kappa shape index (κ2) is 5.45. The minimum atomic E-state index is 0.276. The Morgan fingerprint density at radius 2 is 1.88 bits per heavy atom. The molecule has 1 nitrogen and oxygen atoms in total. The van der Waals surface area contributed by atoms with Gasteiger partial charge in [0.05, 0.1) is 0 Å². The van der Waals surface area contributed by atoms with Crippen LogP contribution in [0, 0.1) is 46.3 Å². The molecular formula is C23H36O. The number of hydrogen-bond donors (Lipinski definition) is 0. The number of carbonyl (C=O) groups is 1. The van der Waals surface area contributed by atoms with Gasteiger partial charge in [0, 0.05) is 5.92 Å². The van der Waals surface area contributed by atoms with Crippen molar-refractivity contribution < 1.29 is 4.79 Å². The highest BCUT2D eigenvalue weighted by Gasteiger charge is 2.61. The van der Waals surface area contributed by atoms with E-state index in [1.54, 1.807) is 5.57 Å². The van der Waals surface area contributed by atoms with E-state index in [1.165, 1.54) is 44.9 Å². The monoisotopic (exact) mass is 328 g/mol. The van der Waals surface area contributed by atoms with Crippen molar-refractivity contribution in [2.24, 2.45) is 46.3 Å². The van der Waals surface area contributed by atoms with Crippen LogP contribution in [0.2, 0.25) is 0 Å². The summed E-state index contributed by atoms with van der Waals surface area (Å²) in [7, 11) is 0. The van der Waals surface area contributed by atoms with Crippen LogP contribution < -0.4 is 0 Å². The molecule has 3 fully saturated rings. The standard InChI is InChI=1S/C23H36O/c1-14-12-17-19(22(4)10-7-6-8-18(14)22)9-11-23(5)20(17)13-15(2)21(23)16(3)24/h8,14-15,17,19-21H,6-7,9-13H2,1-5H3/t14-,15+,17+,19-,20-,21+,22-,23-/m0/s1. The number of carbonyl (C=O) groups excluding carboxylic acids is 1. The van der Waals surface area contributed by atoms with Crippen LogP contribution in [0.5, 0.6) is 0 Å². The summed E-state index contributed by atoms with van der Waals surface area (Å²) in [6.45, 7) is 11.8. The summed E-state index contributed by atoms with van der Waals surface area (Å²) in [4.78, 5) is 12.4. The van der Waals surface area contributed by atoms with Crippen LogP contribution in [0.1, 0.15) is 79.6 Å². The topological polar surface area (TPSA) is 17.1 Å². The van der Waals surface area contributed by atoms with Gasteiger partial charge in [0.2, 0.25) is 0 Å². The van der Waals surface area contributed by atoms with Gasteiger partial charge in [-0.15, -0.1) is 0 Å². The van der Waals surface area contributed by atoms with Gasteiger partial charge < -0.3 is 0 Å². The first-order chi connectivity index (χ1) is 11.3. The van der Waals surface area contributed by atoms with Crippen molar-refractivity contribution in [2.75, 3.05) is 0 Å². The van der Waals surface area contributed by atoms with Crippen LogP contribution in [0.15, 0.2) is 11.6 Å². The van der Waals surface area contributed by atoms with Crippen LogP contribution in [-0.2, 0) is 4.79 Å². The molecule has 0 aromatic rings. The lowest BCUT2D eigenvalue weighted by Gasteiger charge is -2.59. The van der Waals surface area contributed by atoms with Crippen LogP contribution >= 0.6 is 0 Å². The number of hydrogen-bond acceptors (Lipinski definition) is 1. The fourth-order valence-electron chi connectivity index (χ4n) is 8.44. The van der Waals surface area contributed by atoms with Crippen molar-refractivity contribution in [1.82, 2.24) is 0 Å². The summed E-state index contributed by atoms with van der Waals surface area (Å²) >= 11 is 0. The Kier molecular flexibility index (Phi) is 3.83. The van der Waals surface area contributed by atoms with E-state index >= 15 is 0 Å². The van der Waals surface area contributed by atoms with Gasteiger partial charge in [0.1, 0.15) is 5.78 Å². The maximum absolute atomic E-state index is 12.4. The Balaban J connectivity index is 1.72. The lowest BCUT2D eigenvalue weighted by Crippen LogP contribution is -2.52. The number of fused-ring (bicyclic) bond motifs is 5. The molecule has 0 spiro atoms. The largest absolute Gasteiger partial charge is 0.300 e. The van der Waals surface area contributed by atoms with Crippen molar-refractivity contribution in [3.63, 3.8) is 0 Å². The lowest BCUT2D eigenvalue weighted by atomic mass is 9.45. The zero-order chi connectivity index (χ0) is 17.3. The predicted octanol–water partition coefficient (Wildman–Crippen LogP) is 6.04. The minimum Gasteiger partial charge on any atom is -0.300 e. The molecule has 0 radical (unpaired) electrons. The van der Waals surface area contributed by atoms with Gasteiger partial charge in [-0.25, -0.2) is 0 Å². The normalized spacial score (nSPS) is 53.6. The molecule has 0 amide bonds. The number of Topliss-reactive ketones (excluding diaryl/α,β-unsaturated/α-hetero) is 1. The summed E-state index contributed by atoms with van der Waals surface area (Å²) < 4.78 is 0. The molecule has 4 rings (SSSR count). The molecule has 0 aliphatic heterocycles. The van der Waals surface area contributed by atoms with Crippen molar-refractivity contribution in [1.29, 1.82) is 0 Å². The maximum atomic E-state index is 12.4. The Morgan fingerprint density at radius 3 is 2.58 bits per heavy atom. The van der Waals surface area contributed by atoms with E-state index < -0.39 is 0 Å². The smallest absolute Gasteiger partial charge is 0.133 e. The molecular weight excluding hydrogens is 292 g/mol. The Morgan fingerprint density at radius 1 is 1.12 bits per heavy atom. The first kappa shape index (κ1) is 16.9. The molecule has 24 heavy (non-hydrogen) atoms. The highest BCUT2D eigenvalue weighted by Crippen LogP contribution is 2.68. The summed E-state index contributed by atoms with van der Waals surface area (Å²) in [5, 5.41) is 0. The maximum Gasteiger partial charge on any atom is 0.133 e. The van der Waals surface area contributed by atoms with E-state index in [4.69, 9.17) is 0 Å². The van der Waals surface area contributed by atoms with Gasteiger partial charge in [-0.3, -0.25) is 4.79 Å². The van der Waals surface area contributed by atoms with E-state index in [9.17, 15) is 4.79 Å². The van der Waals surface area contributed by atoms with Gasteiger partial charge in [0.15, 0.2) is 0 Å². The molecule has 0 saturated heterocycles. The third-order valence-corrected chi connectivity index (χ3v) is 9.12. The average molecular weight is 329 g/mol. The second-order valence-electron chi connectivity index (χ2n) is 10.3. The van der Waals surface area contributed by atoms with Crippen molar-refractivity contribution >= 4 is 5.78 Å². The molecule has 3 saturated carbocycles. The summed E-state index contributed by atoms with van der Waals surface area (Å²) in [5.41, 5.74) is 2.53. The van der Waals surface area contributed by atoms with Crippen molar-refractivity contribution in [2.45, 2.75) is 79.6 Å². The molecule has 1 heteroatoms. The molecule has 0 heterocycles. The summed E-state index contributed by atoms with van der Waals surface area (Å²) in [6.07, 6.45) is 12.0. The van der Waals surface area contributed by atoms with Crippen molar-refractivity contribution in [3.8, 4) is 0 Å². The highest BCUT2D eigenvalue weighted by atomic mass is 16.1. The highest BCUT2D eigenvalue weighted by molar-refractivity contribution is 5.80. The fourth-order valence-corrected chi connectivity index (χ4v) is 8.44. The zero-order valence-corrected chi connectivity index (χ0v) is 16.4. The minimum absolute atomic E-state index is 0.276. The van der Waals surface area contributed by atoms with E-state index in [-0.39, 0.29) is 5.41 Å². The first-order valence-corrected chi connectivity index (χ1v) is 10.5. The Hall–Kier alpha value is -0.590. The first-order valence-electron chi connectivity index (χ1n) is 10.5. The van der Waals surface area contributed by atoms with Gasteiger partial charge in [-0.05, 0) is 92.3 Å². The molecule has 0 N–H and O–H groups in total. The molecule has 134 valence electrons. The molecule has 0 aromatic heterocycles. The van der Waals surface area contributed by atoms with Gasteiger partial charge >= 0.3 is 0 Å². The van der Waals surface area contributed by atoms with Gasteiger partial charge in [0.25, 0.3) is 0 Å². The fraction of sp³-hybridized carbons (Fsp3) is 0.870. The molecule has 0 aromatic carbocycles. The number of rotatable bonds is 1. The number of allylic oxidation sites excluding steroid dienone is 2. The van der Waals surface area contributed by atoms with E-state index in [0.717, 1.165) is 23.7 Å². The SMILES string of the molecule is CC(=O)[C@H]1[C@H](C)C[C@H]2[C@@H]3C[C@H](C)C4=CCCC[C@]4(C)[C@H]3CC[C@@]21C. The van der Waals surface area contributed by atoms with Crippen LogP contribution in [0.4, 0.5) is 0 Å². The van der Waals surface area contributed by atoms with Crippen LogP contribution in [-0.4, -0.2) is 5.78 Å². The average Bonchev–Trinajstić information content (AvgIpc) is 2.78. The third kappa shape index (κ3) is 2.08. The molecule has 4 aliphatic carbocycles. The van der Waals surface area contributed by atoms with Gasteiger partial charge in [-0.2, -0.15) is 0 Å². The summed E-state index contributed by atoms with van der Waals surface area (Å²) in [6, 6.07) is 0. The van der Waals surface area contributed by atoms with E-state index in [0.29, 0.717) is 23.0 Å². The lowest BCUT2D eigenvalue weighted by molar-refractivity contribution is -0.129. The molecule has 4 aliphatic rings. The van der Waals surface area contributed by atoms with Gasteiger partial charge in [-0.1, -0.05) is 39.3 Å². The van der Waals surface area contributed by atoms with Crippen LogP contribution in [0.3, 0.4) is 0 Å². The molecule has 0 unspecified atom stereocenters. The Bertz CT molecular complexity index is 575. The third-order valence-electron chi connectivity index (χ3n) is 9.12. The molecule has 8 atom stereocenters. The van der Waals surface area contributed by atoms with Crippen LogP contribution in [0.25, 0.3) is 0 Å². The molecule has 0 bridgehead atoms. The second-order valence-corrected chi connectivity index (χ2v) is 10.3. The predicted molar refractivity (Wildman–Crippen MR) is 99.6 cm³/mol. The summed E-state index contributed by atoms with van der Waals surface area (Å²) in [5.74, 6) is 4.62. The van der Waals surface area contributed by atoms with E-state index in [1.807, 2.05) is 6.92 Å². The van der Waals surface area contributed by atoms with E-state index in [2.05, 4.69) is 33.8 Å². The van der Waals surface area contributed by atoms with Crippen molar-refractivity contribution in [3.05, 3.63) is 11.6 Å². The quantitative estimate of drug-likeness (QED) is 0.537. The zero-order valence-electron chi connectivity index (χ0n) is 16.4.